The minimum Gasteiger partial charge on any atom is -0.508 e. The van der Waals surface area contributed by atoms with Crippen molar-refractivity contribution in [1.29, 1.82) is 0 Å². The molecule has 1 atom stereocenters. The Bertz CT molecular complexity index is 1020. The highest BCUT2D eigenvalue weighted by molar-refractivity contribution is 5.94. The Balaban J connectivity index is 1.45. The minimum atomic E-state index is -0.265. The summed E-state index contributed by atoms with van der Waals surface area (Å²) < 4.78 is 1.81. The van der Waals surface area contributed by atoms with Gasteiger partial charge in [0, 0.05) is 24.5 Å². The first-order valence-electron chi connectivity index (χ1n) is 9.37. The summed E-state index contributed by atoms with van der Waals surface area (Å²) in [5, 5.41) is 16.9. The smallest absolute Gasteiger partial charge is 0.254 e. The molecule has 2 amide bonds. The summed E-state index contributed by atoms with van der Waals surface area (Å²) in [7, 11) is 0. The van der Waals surface area contributed by atoms with E-state index in [4.69, 9.17) is 0 Å². The predicted octanol–water partition coefficient (Wildman–Crippen LogP) is 1.89. The van der Waals surface area contributed by atoms with E-state index in [-0.39, 0.29) is 30.0 Å². The minimum absolute atomic E-state index is 0.0448. The number of benzene rings is 1. The van der Waals surface area contributed by atoms with Gasteiger partial charge >= 0.3 is 0 Å². The zero-order chi connectivity index (χ0) is 20.2. The second kappa shape index (κ2) is 8.14. The van der Waals surface area contributed by atoms with Gasteiger partial charge in [-0.25, -0.2) is 0 Å². The fraction of sp³-hybridized carbons (Fsp3) is 0.238. The molecule has 8 heteroatoms. The molecule has 0 saturated heterocycles. The van der Waals surface area contributed by atoms with Crippen LogP contribution in [0.1, 0.15) is 34.2 Å². The van der Waals surface area contributed by atoms with E-state index in [1.54, 1.807) is 29.4 Å². The first-order chi connectivity index (χ1) is 14.1. The lowest BCUT2D eigenvalue weighted by atomic mass is 10.1. The van der Waals surface area contributed by atoms with E-state index in [1.807, 2.05) is 28.9 Å². The van der Waals surface area contributed by atoms with Crippen molar-refractivity contribution in [3.05, 3.63) is 77.9 Å². The van der Waals surface area contributed by atoms with E-state index in [1.165, 1.54) is 12.1 Å². The number of pyridine rings is 1. The average Bonchev–Trinajstić information content (AvgIpc) is 3.21. The average molecular weight is 391 g/mol. The number of hydrogen-bond donors (Lipinski definition) is 2. The van der Waals surface area contributed by atoms with Crippen molar-refractivity contribution in [1.82, 2.24) is 25.0 Å². The van der Waals surface area contributed by atoms with Crippen molar-refractivity contribution in [2.45, 2.75) is 25.6 Å². The number of hydrogen-bond acceptors (Lipinski definition) is 5. The van der Waals surface area contributed by atoms with Gasteiger partial charge in [-0.3, -0.25) is 19.3 Å². The van der Waals surface area contributed by atoms with Gasteiger partial charge in [-0.05, 0) is 36.4 Å². The molecule has 4 rings (SSSR count). The van der Waals surface area contributed by atoms with Crippen LogP contribution in [0.15, 0.2) is 60.9 Å². The molecule has 8 nitrogen and oxygen atoms in total. The number of rotatable bonds is 5. The number of phenolic OH excluding ortho intramolecular Hbond substituents is 1. The third kappa shape index (κ3) is 4.26. The fourth-order valence-corrected chi connectivity index (χ4v) is 3.49. The topological polar surface area (TPSA) is 100 Å². The van der Waals surface area contributed by atoms with E-state index in [0.717, 1.165) is 11.4 Å². The summed E-state index contributed by atoms with van der Waals surface area (Å²) in [5.74, 6) is -0.274. The first-order valence-corrected chi connectivity index (χ1v) is 9.37. The van der Waals surface area contributed by atoms with Crippen molar-refractivity contribution in [2.75, 3.05) is 6.54 Å². The first kappa shape index (κ1) is 18.7. The Morgan fingerprint density at radius 2 is 2.03 bits per heavy atom. The lowest BCUT2D eigenvalue weighted by Crippen LogP contribution is -2.42. The SMILES string of the molecule is O=C(C[C@H]1CN(C(=O)c2cccc(O)c2)Cc2ccnn21)NCc1ccccn1. The van der Waals surface area contributed by atoms with Crippen LogP contribution in [0.5, 0.6) is 5.75 Å². The maximum Gasteiger partial charge on any atom is 0.254 e. The second-order valence-corrected chi connectivity index (χ2v) is 6.96. The molecular weight excluding hydrogens is 370 g/mol. The summed E-state index contributed by atoms with van der Waals surface area (Å²) in [5.41, 5.74) is 2.06. The number of nitrogens with zero attached hydrogens (tertiary/aromatic N) is 4. The molecule has 2 N–H and O–H groups in total. The molecule has 29 heavy (non-hydrogen) atoms. The van der Waals surface area contributed by atoms with Crippen LogP contribution in [0.4, 0.5) is 0 Å². The highest BCUT2D eigenvalue weighted by atomic mass is 16.3. The number of aromatic hydroxyl groups is 1. The van der Waals surface area contributed by atoms with E-state index in [0.29, 0.717) is 25.2 Å². The van der Waals surface area contributed by atoms with Gasteiger partial charge in [-0.1, -0.05) is 12.1 Å². The molecule has 1 aliphatic heterocycles. The lowest BCUT2D eigenvalue weighted by Gasteiger charge is -2.33. The molecule has 0 radical (unpaired) electrons. The predicted molar refractivity (Wildman–Crippen MR) is 105 cm³/mol. The zero-order valence-electron chi connectivity index (χ0n) is 15.7. The monoisotopic (exact) mass is 391 g/mol. The van der Waals surface area contributed by atoms with Gasteiger partial charge in [-0.15, -0.1) is 0 Å². The van der Waals surface area contributed by atoms with Gasteiger partial charge in [0.15, 0.2) is 0 Å². The molecule has 0 bridgehead atoms. The number of fused-ring (bicyclic) bond motifs is 1. The summed E-state index contributed by atoms with van der Waals surface area (Å²) in [4.78, 5) is 31.3. The number of aromatic nitrogens is 3. The Morgan fingerprint density at radius 1 is 1.14 bits per heavy atom. The number of carbonyl (C=O) groups excluding carboxylic acids is 2. The Labute approximate surface area is 167 Å². The molecule has 0 spiro atoms. The summed E-state index contributed by atoms with van der Waals surface area (Å²) in [6.45, 7) is 1.12. The van der Waals surface area contributed by atoms with Crippen LogP contribution in [0.2, 0.25) is 0 Å². The highest BCUT2D eigenvalue weighted by Gasteiger charge is 2.30. The summed E-state index contributed by atoms with van der Waals surface area (Å²) in [6, 6.07) is 13.4. The van der Waals surface area contributed by atoms with E-state index < -0.39 is 0 Å². The Kier molecular flexibility index (Phi) is 5.24. The van der Waals surface area contributed by atoms with Gasteiger partial charge < -0.3 is 15.3 Å². The van der Waals surface area contributed by atoms with Gasteiger partial charge in [0.2, 0.25) is 5.91 Å². The van der Waals surface area contributed by atoms with Crippen LogP contribution in [0, 0.1) is 0 Å². The molecule has 1 aliphatic rings. The lowest BCUT2D eigenvalue weighted by molar-refractivity contribution is -0.122. The van der Waals surface area contributed by atoms with Crippen LogP contribution in [-0.4, -0.2) is 43.1 Å². The standard InChI is InChI=1S/C21H21N5O3/c27-19-6-3-4-15(10-19)21(29)25-13-17-7-9-24-26(17)18(14-25)11-20(28)23-12-16-5-1-2-8-22-16/h1-10,18,27H,11-14H2,(H,23,28)/t18-/m0/s1. The second-order valence-electron chi connectivity index (χ2n) is 6.96. The molecule has 148 valence electrons. The van der Waals surface area contributed by atoms with Crippen LogP contribution in [0.3, 0.4) is 0 Å². The van der Waals surface area contributed by atoms with E-state index in [9.17, 15) is 14.7 Å². The quantitative estimate of drug-likeness (QED) is 0.692. The zero-order valence-corrected chi connectivity index (χ0v) is 15.7. The molecule has 2 aromatic heterocycles. The third-order valence-corrected chi connectivity index (χ3v) is 4.88. The van der Waals surface area contributed by atoms with Gasteiger partial charge in [0.1, 0.15) is 5.75 Å². The van der Waals surface area contributed by atoms with Crippen LogP contribution < -0.4 is 5.32 Å². The molecule has 1 aromatic carbocycles. The normalized spacial score (nSPS) is 15.6. The maximum absolute atomic E-state index is 12.9. The maximum atomic E-state index is 12.9. The largest absolute Gasteiger partial charge is 0.508 e. The Morgan fingerprint density at radius 3 is 2.83 bits per heavy atom. The van der Waals surface area contributed by atoms with E-state index >= 15 is 0 Å². The molecular formula is C21H21N5O3. The van der Waals surface area contributed by atoms with Crippen LogP contribution >= 0.6 is 0 Å². The van der Waals surface area contributed by atoms with Gasteiger partial charge in [0.25, 0.3) is 5.91 Å². The molecule has 3 heterocycles. The molecule has 0 aliphatic carbocycles. The number of nitrogens with one attached hydrogen (secondary N) is 1. The molecule has 0 unspecified atom stereocenters. The molecule has 0 fully saturated rings. The number of phenols is 1. The summed E-state index contributed by atoms with van der Waals surface area (Å²) >= 11 is 0. The van der Waals surface area contributed by atoms with Crippen LogP contribution in [0.25, 0.3) is 0 Å². The van der Waals surface area contributed by atoms with Crippen LogP contribution in [-0.2, 0) is 17.9 Å². The number of carbonyl (C=O) groups is 2. The highest BCUT2D eigenvalue weighted by Crippen LogP contribution is 2.25. The van der Waals surface area contributed by atoms with Crippen molar-refractivity contribution >= 4 is 11.8 Å². The van der Waals surface area contributed by atoms with Crippen molar-refractivity contribution in [3.63, 3.8) is 0 Å². The van der Waals surface area contributed by atoms with Crippen molar-refractivity contribution < 1.29 is 14.7 Å². The molecule has 3 aromatic rings. The van der Waals surface area contributed by atoms with Crippen molar-refractivity contribution in [3.8, 4) is 5.75 Å². The Hall–Kier alpha value is -3.68. The third-order valence-electron chi connectivity index (χ3n) is 4.88. The molecule has 0 saturated carbocycles. The number of amides is 2. The fourth-order valence-electron chi connectivity index (χ4n) is 3.49. The van der Waals surface area contributed by atoms with E-state index in [2.05, 4.69) is 15.4 Å². The summed E-state index contributed by atoms with van der Waals surface area (Å²) in [6.07, 6.45) is 3.56. The van der Waals surface area contributed by atoms with Crippen molar-refractivity contribution in [2.24, 2.45) is 0 Å². The van der Waals surface area contributed by atoms with Gasteiger partial charge in [-0.2, -0.15) is 5.10 Å². The van der Waals surface area contributed by atoms with Gasteiger partial charge in [0.05, 0.1) is 36.9 Å².